The van der Waals surface area contributed by atoms with E-state index < -0.39 is 0 Å². The maximum absolute atomic E-state index is 12.7. The molecule has 0 aliphatic carbocycles. The number of carbonyl (C=O) groups is 1. The summed E-state index contributed by atoms with van der Waals surface area (Å²) in [5, 5.41) is 3.51. The third kappa shape index (κ3) is 4.39. The molecule has 0 saturated carbocycles. The second kappa shape index (κ2) is 9.12. The fourth-order valence-electron chi connectivity index (χ4n) is 3.62. The SMILES string of the molecule is CCc1cc(Br)c2oc(-c3ccc(NC(=O)c4ccc(-c5ccc(C)c(Cl)c5)o4)cc3)nc2c1. The largest absolute Gasteiger partial charge is 0.451 e. The lowest BCUT2D eigenvalue weighted by Crippen LogP contribution is -2.10. The van der Waals surface area contributed by atoms with Crippen molar-refractivity contribution in [3.8, 4) is 22.8 Å². The molecule has 34 heavy (non-hydrogen) atoms. The van der Waals surface area contributed by atoms with E-state index in [4.69, 9.17) is 20.4 Å². The number of rotatable bonds is 5. The first-order valence-corrected chi connectivity index (χ1v) is 12.0. The molecule has 2 heterocycles. The van der Waals surface area contributed by atoms with Crippen LogP contribution in [-0.2, 0) is 6.42 Å². The standard InChI is InChI=1S/C27H20BrClN2O3/c1-3-16-12-20(28)25-22(13-16)31-27(34-25)17-6-8-19(9-7-17)30-26(32)24-11-10-23(33-24)18-5-4-15(2)21(29)14-18/h4-14H,3H2,1-2H3,(H,30,32). The van der Waals surface area contributed by atoms with Gasteiger partial charge in [0.1, 0.15) is 11.3 Å². The van der Waals surface area contributed by atoms with Crippen molar-refractivity contribution < 1.29 is 13.6 Å². The first kappa shape index (κ1) is 22.4. The molecule has 1 N–H and O–H groups in total. The van der Waals surface area contributed by atoms with E-state index in [2.05, 4.69) is 33.2 Å². The molecule has 0 atom stereocenters. The number of fused-ring (bicyclic) bond motifs is 1. The molecule has 0 unspecified atom stereocenters. The van der Waals surface area contributed by atoms with Gasteiger partial charge >= 0.3 is 0 Å². The molecule has 0 saturated heterocycles. The van der Waals surface area contributed by atoms with Crippen LogP contribution in [0.15, 0.2) is 80.0 Å². The van der Waals surface area contributed by atoms with Crippen LogP contribution in [-0.4, -0.2) is 10.9 Å². The number of hydrogen-bond acceptors (Lipinski definition) is 4. The van der Waals surface area contributed by atoms with Gasteiger partial charge in [-0.25, -0.2) is 4.98 Å². The minimum Gasteiger partial charge on any atom is -0.451 e. The molecule has 0 aliphatic rings. The van der Waals surface area contributed by atoms with Gasteiger partial charge in [-0.2, -0.15) is 0 Å². The summed E-state index contributed by atoms with van der Waals surface area (Å²) in [6.45, 7) is 4.03. The number of carbonyl (C=O) groups excluding carboxylic acids is 1. The zero-order valence-corrected chi connectivity index (χ0v) is 20.8. The summed E-state index contributed by atoms with van der Waals surface area (Å²) in [6, 6.07) is 20.5. The minimum absolute atomic E-state index is 0.214. The van der Waals surface area contributed by atoms with Crippen molar-refractivity contribution >= 4 is 50.2 Å². The van der Waals surface area contributed by atoms with Gasteiger partial charge in [-0.3, -0.25) is 4.79 Å². The van der Waals surface area contributed by atoms with Crippen LogP contribution in [0.4, 0.5) is 5.69 Å². The predicted molar refractivity (Wildman–Crippen MR) is 138 cm³/mol. The molecule has 7 heteroatoms. The van der Waals surface area contributed by atoms with Crippen LogP contribution < -0.4 is 5.32 Å². The Morgan fingerprint density at radius 2 is 1.76 bits per heavy atom. The quantitative estimate of drug-likeness (QED) is 0.246. The maximum Gasteiger partial charge on any atom is 0.291 e. The second-order valence-corrected chi connectivity index (χ2v) is 9.22. The van der Waals surface area contributed by atoms with E-state index in [0.29, 0.717) is 27.9 Å². The van der Waals surface area contributed by atoms with Crippen LogP contribution in [0.3, 0.4) is 0 Å². The number of oxazole rings is 1. The number of hydrogen-bond donors (Lipinski definition) is 1. The molecular formula is C27H20BrClN2O3. The Hall–Kier alpha value is -3.35. The van der Waals surface area contributed by atoms with Gasteiger partial charge < -0.3 is 14.2 Å². The van der Waals surface area contributed by atoms with Gasteiger partial charge in [0.15, 0.2) is 11.3 Å². The van der Waals surface area contributed by atoms with Crippen LogP contribution in [0.25, 0.3) is 33.9 Å². The normalized spacial score (nSPS) is 11.2. The fraction of sp³-hybridized carbons (Fsp3) is 0.111. The van der Waals surface area contributed by atoms with Crippen molar-refractivity contribution in [2.75, 3.05) is 5.32 Å². The van der Waals surface area contributed by atoms with Gasteiger partial charge in [0.25, 0.3) is 5.91 Å². The van der Waals surface area contributed by atoms with Crippen LogP contribution in [0.1, 0.15) is 28.6 Å². The van der Waals surface area contributed by atoms with Crippen LogP contribution in [0.2, 0.25) is 5.02 Å². The third-order valence-corrected chi connectivity index (χ3v) is 6.58. The van der Waals surface area contributed by atoms with Gasteiger partial charge in [-0.15, -0.1) is 0 Å². The first-order chi connectivity index (χ1) is 16.4. The summed E-state index contributed by atoms with van der Waals surface area (Å²) in [6.07, 6.45) is 0.918. The summed E-state index contributed by atoms with van der Waals surface area (Å²) in [5.41, 5.74) is 5.95. The highest BCUT2D eigenvalue weighted by Crippen LogP contribution is 2.32. The number of aryl methyl sites for hydroxylation is 2. The number of furan rings is 1. The second-order valence-electron chi connectivity index (χ2n) is 7.96. The van der Waals surface area contributed by atoms with Crippen LogP contribution in [0, 0.1) is 6.92 Å². The molecule has 0 radical (unpaired) electrons. The van der Waals surface area contributed by atoms with E-state index in [-0.39, 0.29) is 11.7 Å². The van der Waals surface area contributed by atoms with Gasteiger partial charge in [-0.1, -0.05) is 30.7 Å². The molecule has 1 amide bonds. The van der Waals surface area contributed by atoms with Crippen molar-refractivity contribution in [1.29, 1.82) is 0 Å². The van der Waals surface area contributed by atoms with E-state index in [0.717, 1.165) is 33.1 Å². The molecule has 5 rings (SSSR count). The average Bonchev–Trinajstić information content (AvgIpc) is 3.49. The molecule has 0 aliphatic heterocycles. The van der Waals surface area contributed by atoms with E-state index in [1.807, 2.05) is 49.4 Å². The molecule has 5 aromatic rings. The van der Waals surface area contributed by atoms with E-state index in [1.54, 1.807) is 24.3 Å². The van der Waals surface area contributed by atoms with Crippen molar-refractivity contribution in [3.05, 3.63) is 93.1 Å². The Morgan fingerprint density at radius 1 is 1.00 bits per heavy atom. The lowest BCUT2D eigenvalue weighted by Gasteiger charge is -2.04. The molecule has 170 valence electrons. The number of halogens is 2. The smallest absolute Gasteiger partial charge is 0.291 e. The highest BCUT2D eigenvalue weighted by atomic mass is 79.9. The fourth-order valence-corrected chi connectivity index (χ4v) is 4.38. The molecule has 2 aromatic heterocycles. The van der Waals surface area contributed by atoms with Crippen molar-refractivity contribution in [2.45, 2.75) is 20.3 Å². The van der Waals surface area contributed by atoms with E-state index in [1.165, 1.54) is 5.56 Å². The summed E-state index contributed by atoms with van der Waals surface area (Å²) < 4.78 is 12.6. The number of benzene rings is 3. The number of anilines is 1. The number of nitrogens with one attached hydrogen (secondary N) is 1. The topological polar surface area (TPSA) is 68.3 Å². The Labute approximate surface area is 209 Å². The van der Waals surface area contributed by atoms with Gasteiger partial charge in [0.05, 0.1) is 4.47 Å². The Morgan fingerprint density at radius 3 is 2.50 bits per heavy atom. The zero-order valence-electron chi connectivity index (χ0n) is 18.5. The predicted octanol–water partition coefficient (Wildman–Crippen LogP) is 8.29. The summed E-state index contributed by atoms with van der Waals surface area (Å²) in [5.74, 6) is 0.978. The summed E-state index contributed by atoms with van der Waals surface area (Å²) >= 11 is 9.77. The zero-order chi connectivity index (χ0) is 23.8. The Kier molecular flexibility index (Phi) is 6.02. The van der Waals surface area contributed by atoms with Crippen molar-refractivity contribution in [3.63, 3.8) is 0 Å². The maximum atomic E-state index is 12.7. The number of nitrogens with zero attached hydrogens (tertiary/aromatic N) is 1. The lowest BCUT2D eigenvalue weighted by molar-refractivity contribution is 0.0997. The number of amides is 1. The Bertz CT molecular complexity index is 1520. The van der Waals surface area contributed by atoms with Gasteiger partial charge in [0.2, 0.25) is 5.89 Å². The molecule has 0 spiro atoms. The molecule has 0 fully saturated rings. The van der Waals surface area contributed by atoms with E-state index >= 15 is 0 Å². The van der Waals surface area contributed by atoms with Crippen molar-refractivity contribution in [2.24, 2.45) is 0 Å². The van der Waals surface area contributed by atoms with Gasteiger partial charge in [0, 0.05) is 21.8 Å². The summed E-state index contributed by atoms with van der Waals surface area (Å²) in [7, 11) is 0. The van der Waals surface area contributed by atoms with Gasteiger partial charge in [-0.05, 0) is 95.0 Å². The third-order valence-electron chi connectivity index (χ3n) is 5.59. The highest BCUT2D eigenvalue weighted by Gasteiger charge is 2.15. The van der Waals surface area contributed by atoms with Crippen LogP contribution in [0.5, 0.6) is 0 Å². The minimum atomic E-state index is -0.338. The molecular weight excluding hydrogens is 516 g/mol. The number of aromatic nitrogens is 1. The van der Waals surface area contributed by atoms with E-state index in [9.17, 15) is 4.79 Å². The molecule has 5 nitrogen and oxygen atoms in total. The first-order valence-electron chi connectivity index (χ1n) is 10.8. The molecule has 0 bridgehead atoms. The van der Waals surface area contributed by atoms with Crippen molar-refractivity contribution in [1.82, 2.24) is 4.98 Å². The molecule has 3 aromatic carbocycles. The van der Waals surface area contributed by atoms with Crippen LogP contribution >= 0.6 is 27.5 Å². The lowest BCUT2D eigenvalue weighted by atomic mass is 10.1. The highest BCUT2D eigenvalue weighted by molar-refractivity contribution is 9.10. The average molecular weight is 536 g/mol. The Balaban J connectivity index is 1.32. The monoisotopic (exact) mass is 534 g/mol. The summed E-state index contributed by atoms with van der Waals surface area (Å²) in [4.78, 5) is 17.3.